The van der Waals surface area contributed by atoms with Gasteiger partial charge >= 0.3 is 0 Å². The quantitative estimate of drug-likeness (QED) is 0.787. The lowest BCUT2D eigenvalue weighted by Gasteiger charge is -1.99. The Balaban J connectivity index is 2.47. The molecule has 1 aromatic heterocycles. The number of hydrogen-bond donors (Lipinski definition) is 0. The molecule has 0 spiro atoms. The zero-order valence-corrected chi connectivity index (χ0v) is 9.76. The number of carbonyl (C=O) groups is 1. The van der Waals surface area contributed by atoms with Crippen LogP contribution in [0.15, 0.2) is 24.3 Å². The number of Topliss-reactive ketones (excluding diaryl/α,β-unsaturated/α-hetero) is 1. The molecule has 0 saturated carbocycles. The average molecular weight is 251 g/mol. The molecule has 16 heavy (non-hydrogen) atoms. The summed E-state index contributed by atoms with van der Waals surface area (Å²) in [5.74, 6) is -1.30. The number of carbonyl (C=O) groups excluding carboxylic acids is 1. The zero-order valence-electron chi connectivity index (χ0n) is 8.18. The van der Waals surface area contributed by atoms with E-state index in [1.165, 1.54) is 11.3 Å². The van der Waals surface area contributed by atoms with Gasteiger partial charge in [-0.1, -0.05) is 12.1 Å². The van der Waals surface area contributed by atoms with Gasteiger partial charge in [0.1, 0.15) is 5.01 Å². The highest BCUT2D eigenvalue weighted by Gasteiger charge is 2.22. The highest BCUT2D eigenvalue weighted by Crippen LogP contribution is 2.27. The van der Waals surface area contributed by atoms with Crippen LogP contribution in [-0.4, -0.2) is 16.6 Å². The first-order chi connectivity index (χ1) is 7.76. The summed E-state index contributed by atoms with van der Waals surface area (Å²) in [6.07, 6.45) is 0. The number of para-hydroxylation sites is 1. The molecule has 0 saturated heterocycles. The third-order valence-corrected chi connectivity index (χ3v) is 3.50. The van der Waals surface area contributed by atoms with Gasteiger partial charge in [-0.15, -0.1) is 22.9 Å². The molecule has 0 unspecified atom stereocenters. The van der Waals surface area contributed by atoms with Gasteiger partial charge in [0.05, 0.1) is 22.2 Å². The molecule has 0 aliphatic carbocycles. The standard InChI is InChI=1S/C11H7ClN2OS/c12-5-9(15)7(6-13)11-14-8-3-1-2-4-10(8)16-11/h1-4,7H,5H2/t7-/m1/s1. The number of benzene rings is 1. The number of aromatic nitrogens is 1. The fraction of sp³-hybridized carbons (Fsp3) is 0.182. The average Bonchev–Trinajstić information content (AvgIpc) is 2.72. The van der Waals surface area contributed by atoms with Crippen LogP contribution in [0.25, 0.3) is 10.2 Å². The number of ketones is 1. The SMILES string of the molecule is N#C[C@H](C(=O)CCl)c1nc2ccccc2s1. The summed E-state index contributed by atoms with van der Waals surface area (Å²) in [6.45, 7) is 0. The minimum absolute atomic E-state index is 0.159. The van der Waals surface area contributed by atoms with E-state index in [1.807, 2.05) is 30.3 Å². The van der Waals surface area contributed by atoms with Gasteiger partial charge in [-0.05, 0) is 12.1 Å². The first-order valence-corrected chi connectivity index (χ1v) is 5.95. The van der Waals surface area contributed by atoms with E-state index in [0.29, 0.717) is 5.01 Å². The van der Waals surface area contributed by atoms with Crippen molar-refractivity contribution in [2.24, 2.45) is 0 Å². The molecule has 0 N–H and O–H groups in total. The summed E-state index contributed by atoms with van der Waals surface area (Å²) in [5, 5.41) is 9.47. The maximum atomic E-state index is 11.4. The number of thiazole rings is 1. The van der Waals surface area contributed by atoms with E-state index in [9.17, 15) is 4.79 Å². The van der Waals surface area contributed by atoms with Gasteiger partial charge in [-0.3, -0.25) is 4.79 Å². The lowest BCUT2D eigenvalue weighted by atomic mass is 10.1. The van der Waals surface area contributed by atoms with Crippen LogP contribution in [-0.2, 0) is 4.79 Å². The maximum Gasteiger partial charge on any atom is 0.171 e. The summed E-state index contributed by atoms with van der Waals surface area (Å²) >= 11 is 6.81. The molecule has 0 aliphatic heterocycles. The van der Waals surface area contributed by atoms with Crippen LogP contribution in [0, 0.1) is 11.3 Å². The molecule has 0 aliphatic rings. The van der Waals surface area contributed by atoms with Crippen molar-refractivity contribution in [2.75, 3.05) is 5.88 Å². The number of halogens is 1. The van der Waals surface area contributed by atoms with Gasteiger partial charge in [0.2, 0.25) is 0 Å². The third kappa shape index (κ3) is 1.92. The minimum Gasteiger partial charge on any atom is -0.296 e. The normalized spacial score (nSPS) is 12.2. The number of nitriles is 1. The Bertz CT molecular complexity index is 540. The van der Waals surface area contributed by atoms with Crippen molar-refractivity contribution < 1.29 is 4.79 Å². The first-order valence-electron chi connectivity index (χ1n) is 4.60. The van der Waals surface area contributed by atoms with Crippen molar-refractivity contribution in [3.05, 3.63) is 29.3 Å². The van der Waals surface area contributed by atoms with Crippen molar-refractivity contribution in [1.29, 1.82) is 5.26 Å². The van der Waals surface area contributed by atoms with Crippen molar-refractivity contribution in [3.8, 4) is 6.07 Å². The Kier molecular flexibility index (Phi) is 3.18. The second-order valence-electron chi connectivity index (χ2n) is 3.18. The van der Waals surface area contributed by atoms with E-state index in [-0.39, 0.29) is 11.7 Å². The molecule has 1 aromatic carbocycles. The van der Waals surface area contributed by atoms with Crippen LogP contribution in [0.1, 0.15) is 10.9 Å². The third-order valence-electron chi connectivity index (χ3n) is 2.14. The number of nitrogens with zero attached hydrogens (tertiary/aromatic N) is 2. The molecule has 1 heterocycles. The summed E-state index contributed by atoms with van der Waals surface area (Å²) in [7, 11) is 0. The predicted molar refractivity (Wildman–Crippen MR) is 63.7 cm³/mol. The molecular weight excluding hydrogens is 244 g/mol. The summed E-state index contributed by atoms with van der Waals surface area (Å²) in [6, 6.07) is 9.48. The van der Waals surface area contributed by atoms with Gasteiger partial charge in [-0.2, -0.15) is 5.26 Å². The Morgan fingerprint density at radius 2 is 2.31 bits per heavy atom. The van der Waals surface area contributed by atoms with Crippen LogP contribution in [0.4, 0.5) is 0 Å². The van der Waals surface area contributed by atoms with Crippen LogP contribution < -0.4 is 0 Å². The molecule has 0 amide bonds. The Labute approximate surface area is 101 Å². The molecule has 3 nitrogen and oxygen atoms in total. The number of fused-ring (bicyclic) bond motifs is 1. The molecule has 0 fully saturated rings. The van der Waals surface area contributed by atoms with Gasteiger partial charge < -0.3 is 0 Å². The van der Waals surface area contributed by atoms with E-state index < -0.39 is 5.92 Å². The van der Waals surface area contributed by atoms with E-state index >= 15 is 0 Å². The van der Waals surface area contributed by atoms with Gasteiger partial charge in [-0.25, -0.2) is 4.98 Å². The fourth-order valence-corrected chi connectivity index (χ4v) is 2.55. The van der Waals surface area contributed by atoms with Crippen LogP contribution in [0.2, 0.25) is 0 Å². The molecule has 2 aromatic rings. The smallest absolute Gasteiger partial charge is 0.171 e. The highest BCUT2D eigenvalue weighted by atomic mass is 35.5. The minimum atomic E-state index is -0.838. The molecule has 2 rings (SSSR count). The van der Waals surface area contributed by atoms with Crippen LogP contribution in [0.3, 0.4) is 0 Å². The molecule has 5 heteroatoms. The number of hydrogen-bond acceptors (Lipinski definition) is 4. The summed E-state index contributed by atoms with van der Waals surface area (Å²) in [5.41, 5.74) is 0.810. The van der Waals surface area contributed by atoms with Gasteiger partial charge in [0.25, 0.3) is 0 Å². The summed E-state index contributed by atoms with van der Waals surface area (Å²) < 4.78 is 0.972. The van der Waals surface area contributed by atoms with Crippen molar-refractivity contribution in [3.63, 3.8) is 0 Å². The van der Waals surface area contributed by atoms with Gasteiger partial charge in [0, 0.05) is 0 Å². The van der Waals surface area contributed by atoms with Crippen molar-refractivity contribution >= 4 is 38.9 Å². The maximum absolute atomic E-state index is 11.4. The van der Waals surface area contributed by atoms with E-state index in [4.69, 9.17) is 16.9 Å². The molecule has 80 valence electrons. The lowest BCUT2D eigenvalue weighted by Crippen LogP contribution is -2.11. The van der Waals surface area contributed by atoms with Crippen molar-refractivity contribution in [1.82, 2.24) is 4.98 Å². The topological polar surface area (TPSA) is 53.8 Å². The molecule has 1 atom stereocenters. The molecular formula is C11H7ClN2OS. The second kappa shape index (κ2) is 4.60. The Morgan fingerprint density at radius 3 is 2.94 bits per heavy atom. The fourth-order valence-electron chi connectivity index (χ4n) is 1.36. The molecule has 0 bridgehead atoms. The second-order valence-corrected chi connectivity index (χ2v) is 4.51. The highest BCUT2D eigenvalue weighted by molar-refractivity contribution is 7.18. The first kappa shape index (κ1) is 11.1. The van der Waals surface area contributed by atoms with Crippen LogP contribution in [0.5, 0.6) is 0 Å². The van der Waals surface area contributed by atoms with Gasteiger partial charge in [0.15, 0.2) is 11.7 Å². The number of rotatable bonds is 3. The number of alkyl halides is 1. The predicted octanol–water partition coefficient (Wildman–Crippen LogP) is 2.71. The lowest BCUT2D eigenvalue weighted by molar-refractivity contribution is -0.117. The van der Waals surface area contributed by atoms with E-state index in [0.717, 1.165) is 10.2 Å². The van der Waals surface area contributed by atoms with Crippen LogP contribution >= 0.6 is 22.9 Å². The van der Waals surface area contributed by atoms with E-state index in [2.05, 4.69) is 4.98 Å². The van der Waals surface area contributed by atoms with Crippen molar-refractivity contribution in [2.45, 2.75) is 5.92 Å². The zero-order chi connectivity index (χ0) is 11.5. The summed E-state index contributed by atoms with van der Waals surface area (Å²) in [4.78, 5) is 15.7. The largest absolute Gasteiger partial charge is 0.296 e. The monoisotopic (exact) mass is 250 g/mol. The Morgan fingerprint density at radius 1 is 1.56 bits per heavy atom. The molecule has 0 radical (unpaired) electrons. The Hall–Kier alpha value is -1.44. The van der Waals surface area contributed by atoms with E-state index in [1.54, 1.807) is 0 Å².